The molecule has 0 atom stereocenters. The lowest BCUT2D eigenvalue weighted by atomic mass is 10.1. The molecule has 2 aromatic heterocycles. The highest BCUT2D eigenvalue weighted by molar-refractivity contribution is 5.74. The zero-order valence-corrected chi connectivity index (χ0v) is 14.9. The van der Waals surface area contributed by atoms with Crippen LogP contribution in [0.5, 0.6) is 0 Å². The van der Waals surface area contributed by atoms with E-state index < -0.39 is 11.7 Å². The molecule has 4 rings (SSSR count). The van der Waals surface area contributed by atoms with E-state index in [4.69, 9.17) is 4.42 Å². The van der Waals surface area contributed by atoms with Gasteiger partial charge in [0.25, 0.3) is 0 Å². The van der Waals surface area contributed by atoms with Gasteiger partial charge >= 0.3 is 6.18 Å². The lowest BCUT2D eigenvalue weighted by molar-refractivity contribution is -0.137. The Bertz CT molecular complexity index is 1050. The van der Waals surface area contributed by atoms with Crippen molar-refractivity contribution in [3.05, 3.63) is 77.8 Å². The quantitative estimate of drug-likeness (QED) is 0.450. The SMILES string of the molecule is FC(F)(F)c1cccc(-c2ccc(CNCCc3nc4ccccc4[nH]3)o2)c1. The van der Waals surface area contributed by atoms with E-state index in [1.54, 1.807) is 18.2 Å². The van der Waals surface area contributed by atoms with Crippen LogP contribution >= 0.6 is 0 Å². The Balaban J connectivity index is 1.34. The van der Waals surface area contributed by atoms with E-state index in [0.717, 1.165) is 35.4 Å². The number of aromatic nitrogens is 2. The zero-order valence-electron chi connectivity index (χ0n) is 14.9. The van der Waals surface area contributed by atoms with E-state index in [9.17, 15) is 13.2 Å². The smallest absolute Gasteiger partial charge is 0.416 e. The first-order valence-corrected chi connectivity index (χ1v) is 8.90. The molecule has 0 amide bonds. The van der Waals surface area contributed by atoms with Gasteiger partial charge in [-0.3, -0.25) is 0 Å². The van der Waals surface area contributed by atoms with Gasteiger partial charge in [-0.25, -0.2) is 4.98 Å². The zero-order chi connectivity index (χ0) is 19.6. The van der Waals surface area contributed by atoms with Crippen LogP contribution in [0.1, 0.15) is 17.1 Å². The van der Waals surface area contributed by atoms with E-state index in [0.29, 0.717) is 30.2 Å². The average Bonchev–Trinajstić information content (AvgIpc) is 3.31. The van der Waals surface area contributed by atoms with Gasteiger partial charge in [0.1, 0.15) is 17.3 Å². The lowest BCUT2D eigenvalue weighted by Gasteiger charge is -2.07. The maximum atomic E-state index is 12.9. The number of fused-ring (bicyclic) bond motifs is 1. The number of nitrogens with one attached hydrogen (secondary N) is 2. The fourth-order valence-corrected chi connectivity index (χ4v) is 3.02. The first-order valence-electron chi connectivity index (χ1n) is 8.90. The number of alkyl halides is 3. The number of nitrogens with zero attached hydrogens (tertiary/aromatic N) is 1. The van der Waals surface area contributed by atoms with Gasteiger partial charge in [-0.15, -0.1) is 0 Å². The molecule has 144 valence electrons. The van der Waals surface area contributed by atoms with Crippen LogP contribution < -0.4 is 5.32 Å². The normalized spacial score (nSPS) is 12.0. The van der Waals surface area contributed by atoms with E-state index in [1.807, 2.05) is 24.3 Å². The third-order valence-electron chi connectivity index (χ3n) is 4.41. The summed E-state index contributed by atoms with van der Waals surface area (Å²) in [4.78, 5) is 7.79. The van der Waals surface area contributed by atoms with E-state index in [2.05, 4.69) is 15.3 Å². The van der Waals surface area contributed by atoms with Crippen LogP contribution in [0.4, 0.5) is 13.2 Å². The van der Waals surface area contributed by atoms with Gasteiger partial charge in [-0.2, -0.15) is 13.2 Å². The number of hydrogen-bond donors (Lipinski definition) is 2. The minimum absolute atomic E-state index is 0.406. The summed E-state index contributed by atoms with van der Waals surface area (Å²) in [6.45, 7) is 1.18. The molecule has 7 heteroatoms. The van der Waals surface area contributed by atoms with Crippen LogP contribution in [-0.2, 0) is 19.1 Å². The summed E-state index contributed by atoms with van der Waals surface area (Å²) in [5.74, 6) is 1.98. The molecule has 0 aliphatic heterocycles. The summed E-state index contributed by atoms with van der Waals surface area (Å²) < 4.78 is 44.2. The van der Waals surface area contributed by atoms with Crippen molar-refractivity contribution in [1.82, 2.24) is 15.3 Å². The molecular formula is C21H18F3N3O. The van der Waals surface area contributed by atoms with Crippen molar-refractivity contribution in [2.45, 2.75) is 19.1 Å². The Kier molecular flexibility index (Phi) is 4.92. The Hall–Kier alpha value is -3.06. The largest absolute Gasteiger partial charge is 0.460 e. The van der Waals surface area contributed by atoms with Crippen molar-refractivity contribution in [3.63, 3.8) is 0 Å². The number of hydrogen-bond acceptors (Lipinski definition) is 3. The molecule has 0 bridgehead atoms. The molecule has 0 aliphatic rings. The first-order chi connectivity index (χ1) is 13.5. The van der Waals surface area contributed by atoms with Crippen molar-refractivity contribution in [1.29, 1.82) is 0 Å². The molecule has 0 unspecified atom stereocenters. The minimum Gasteiger partial charge on any atom is -0.460 e. The van der Waals surface area contributed by atoms with Crippen molar-refractivity contribution < 1.29 is 17.6 Å². The summed E-state index contributed by atoms with van der Waals surface area (Å²) in [5, 5.41) is 3.26. The van der Waals surface area contributed by atoms with Gasteiger partial charge in [0.2, 0.25) is 0 Å². The number of rotatable bonds is 6. The Morgan fingerprint density at radius 2 is 1.86 bits per heavy atom. The molecular weight excluding hydrogens is 367 g/mol. The molecule has 0 saturated heterocycles. The Labute approximate surface area is 159 Å². The van der Waals surface area contributed by atoms with Crippen LogP contribution in [-0.4, -0.2) is 16.5 Å². The Morgan fingerprint density at radius 1 is 1.00 bits per heavy atom. The molecule has 0 radical (unpaired) electrons. The molecule has 4 aromatic rings. The molecule has 2 heterocycles. The molecule has 4 nitrogen and oxygen atoms in total. The van der Waals surface area contributed by atoms with Crippen molar-refractivity contribution >= 4 is 11.0 Å². The van der Waals surface area contributed by atoms with E-state index >= 15 is 0 Å². The fraction of sp³-hybridized carbons (Fsp3) is 0.190. The highest BCUT2D eigenvalue weighted by atomic mass is 19.4. The number of imidazole rings is 1. The first kappa shape index (κ1) is 18.3. The van der Waals surface area contributed by atoms with Crippen LogP contribution in [0.15, 0.2) is 65.1 Å². The second-order valence-corrected chi connectivity index (χ2v) is 6.47. The minimum atomic E-state index is -4.37. The third-order valence-corrected chi connectivity index (χ3v) is 4.41. The standard InChI is InChI=1S/C21H18F3N3O/c22-21(23,24)15-5-3-4-14(12-15)19-9-8-16(28-19)13-25-11-10-20-26-17-6-1-2-7-18(17)27-20/h1-9,12,25H,10-11,13H2,(H,26,27). The Morgan fingerprint density at radius 3 is 2.68 bits per heavy atom. The third kappa shape index (κ3) is 4.09. The van der Waals surface area contributed by atoms with Gasteiger partial charge in [-0.05, 0) is 36.4 Å². The highest BCUT2D eigenvalue weighted by Crippen LogP contribution is 2.32. The van der Waals surface area contributed by atoms with Crippen LogP contribution in [0.3, 0.4) is 0 Å². The van der Waals surface area contributed by atoms with Gasteiger partial charge in [0.15, 0.2) is 0 Å². The number of benzene rings is 2. The molecule has 0 aliphatic carbocycles. The predicted molar refractivity (Wildman–Crippen MR) is 101 cm³/mol. The van der Waals surface area contributed by atoms with Crippen LogP contribution in [0.25, 0.3) is 22.4 Å². The fourth-order valence-electron chi connectivity index (χ4n) is 3.02. The lowest BCUT2D eigenvalue weighted by Crippen LogP contribution is -2.16. The van der Waals surface area contributed by atoms with Crippen molar-refractivity contribution in [2.24, 2.45) is 0 Å². The molecule has 0 saturated carbocycles. The summed E-state index contributed by atoms with van der Waals surface area (Å²) in [6.07, 6.45) is -3.64. The maximum Gasteiger partial charge on any atom is 0.416 e. The van der Waals surface area contributed by atoms with Crippen molar-refractivity contribution in [2.75, 3.05) is 6.54 Å². The highest BCUT2D eigenvalue weighted by Gasteiger charge is 2.30. The molecule has 28 heavy (non-hydrogen) atoms. The number of halogens is 3. The van der Waals surface area contributed by atoms with Gasteiger partial charge in [0, 0.05) is 18.5 Å². The molecule has 2 N–H and O–H groups in total. The number of H-pyrrole nitrogens is 1. The second-order valence-electron chi connectivity index (χ2n) is 6.47. The van der Waals surface area contributed by atoms with E-state index in [-0.39, 0.29) is 0 Å². The summed E-state index contributed by atoms with van der Waals surface area (Å²) in [5.41, 5.74) is 1.67. The van der Waals surface area contributed by atoms with Crippen LogP contribution in [0.2, 0.25) is 0 Å². The maximum absolute atomic E-state index is 12.9. The summed E-state index contributed by atoms with van der Waals surface area (Å²) >= 11 is 0. The monoisotopic (exact) mass is 385 g/mol. The van der Waals surface area contributed by atoms with Gasteiger partial charge in [-0.1, -0.05) is 24.3 Å². The van der Waals surface area contributed by atoms with Gasteiger partial charge < -0.3 is 14.7 Å². The number of aromatic amines is 1. The summed E-state index contributed by atoms with van der Waals surface area (Å²) in [7, 11) is 0. The number of para-hydroxylation sites is 2. The molecule has 0 fully saturated rings. The van der Waals surface area contributed by atoms with E-state index in [1.165, 1.54) is 6.07 Å². The average molecular weight is 385 g/mol. The summed E-state index contributed by atoms with van der Waals surface area (Å²) in [6, 6.07) is 16.4. The molecule has 0 spiro atoms. The van der Waals surface area contributed by atoms with Crippen LogP contribution in [0, 0.1) is 0 Å². The second kappa shape index (κ2) is 7.52. The predicted octanol–water partition coefficient (Wildman–Crippen LogP) is 5.17. The number of furan rings is 1. The molecule has 2 aromatic carbocycles. The topological polar surface area (TPSA) is 53.9 Å². The van der Waals surface area contributed by atoms with Crippen molar-refractivity contribution in [3.8, 4) is 11.3 Å². The van der Waals surface area contributed by atoms with Gasteiger partial charge in [0.05, 0.1) is 23.1 Å².